The fourth-order valence-corrected chi connectivity index (χ4v) is 3.14. The number of benzene rings is 1. The van der Waals surface area contributed by atoms with Gasteiger partial charge in [0.1, 0.15) is 0 Å². The number of hydrogen-bond donors (Lipinski definition) is 1. The highest BCUT2D eigenvalue weighted by molar-refractivity contribution is 14.1. The maximum absolute atomic E-state index is 11.9. The number of nitrogens with one attached hydrogen (secondary N) is 1. The summed E-state index contributed by atoms with van der Waals surface area (Å²) < 4.78 is 2.27. The Morgan fingerprint density at radius 3 is 2.65 bits per heavy atom. The maximum atomic E-state index is 11.9. The Morgan fingerprint density at radius 2 is 2.06 bits per heavy atom. The van der Waals surface area contributed by atoms with Crippen LogP contribution in [-0.2, 0) is 0 Å². The molecular weight excluding hydrogens is 460 g/mol. The summed E-state index contributed by atoms with van der Waals surface area (Å²) in [5.74, 6) is -0.0520. The van der Waals surface area contributed by atoms with Crippen LogP contribution in [-0.4, -0.2) is 5.91 Å². The number of amides is 1. The number of halogens is 2. The van der Waals surface area contributed by atoms with Crippen LogP contribution in [0.15, 0.2) is 29.6 Å². The summed E-state index contributed by atoms with van der Waals surface area (Å²) >= 11 is 6.05. The third kappa shape index (κ3) is 3.41. The van der Waals surface area contributed by atoms with Crippen molar-refractivity contribution in [1.82, 2.24) is 0 Å². The zero-order valence-corrected chi connectivity index (χ0v) is 14.1. The lowest BCUT2D eigenvalue weighted by Crippen LogP contribution is -2.10. The van der Waals surface area contributed by atoms with E-state index in [9.17, 15) is 4.79 Å². The molecule has 0 aliphatic carbocycles. The Bertz CT molecular complexity index is 565. The summed E-state index contributed by atoms with van der Waals surface area (Å²) in [7, 11) is 0. The van der Waals surface area contributed by atoms with Gasteiger partial charge in [0.25, 0.3) is 5.91 Å². The first-order chi connectivity index (χ1) is 8.06. The molecule has 2 rings (SSSR count). The Hall–Kier alpha value is -0.150. The van der Waals surface area contributed by atoms with Crippen LogP contribution in [0.1, 0.15) is 15.9 Å². The van der Waals surface area contributed by atoms with Crippen LogP contribution in [0.4, 0.5) is 5.69 Å². The molecule has 0 fully saturated rings. The van der Waals surface area contributed by atoms with E-state index in [1.807, 2.05) is 29.6 Å². The number of carbonyl (C=O) groups is 1. The van der Waals surface area contributed by atoms with E-state index < -0.39 is 0 Å². The number of carbonyl (C=O) groups excluding carboxylic acids is 1. The first-order valence-corrected chi connectivity index (χ1v) is 7.91. The van der Waals surface area contributed by atoms with Crippen molar-refractivity contribution in [3.05, 3.63) is 47.2 Å². The molecular formula is C12H9I2NOS. The van der Waals surface area contributed by atoms with E-state index in [4.69, 9.17) is 0 Å². The molecule has 0 saturated carbocycles. The van der Waals surface area contributed by atoms with Crippen LogP contribution in [0.3, 0.4) is 0 Å². The van der Waals surface area contributed by atoms with E-state index in [0.29, 0.717) is 0 Å². The molecule has 0 saturated heterocycles. The van der Waals surface area contributed by atoms with Gasteiger partial charge >= 0.3 is 0 Å². The van der Waals surface area contributed by atoms with E-state index in [-0.39, 0.29) is 5.91 Å². The molecule has 2 aromatic rings. The van der Waals surface area contributed by atoms with E-state index in [1.165, 1.54) is 5.56 Å². The summed E-state index contributed by atoms with van der Waals surface area (Å²) in [4.78, 5) is 11.9. The minimum Gasteiger partial charge on any atom is -0.322 e. The lowest BCUT2D eigenvalue weighted by atomic mass is 10.2. The SMILES string of the molecule is Cc1ccc(NC(=O)c2csc(I)c2)cc1I. The lowest BCUT2D eigenvalue weighted by molar-refractivity contribution is 0.102. The highest BCUT2D eigenvalue weighted by Crippen LogP contribution is 2.20. The van der Waals surface area contributed by atoms with Crippen LogP contribution < -0.4 is 5.32 Å². The zero-order valence-electron chi connectivity index (χ0n) is 8.96. The monoisotopic (exact) mass is 469 g/mol. The largest absolute Gasteiger partial charge is 0.322 e. The van der Waals surface area contributed by atoms with Crippen molar-refractivity contribution in [3.63, 3.8) is 0 Å². The maximum Gasteiger partial charge on any atom is 0.256 e. The van der Waals surface area contributed by atoms with E-state index in [2.05, 4.69) is 57.4 Å². The van der Waals surface area contributed by atoms with Crippen LogP contribution in [0.2, 0.25) is 0 Å². The fraction of sp³-hybridized carbons (Fsp3) is 0.0833. The topological polar surface area (TPSA) is 29.1 Å². The Morgan fingerprint density at radius 1 is 1.29 bits per heavy atom. The number of aryl methyl sites for hydroxylation is 1. The molecule has 0 radical (unpaired) electrons. The van der Waals surface area contributed by atoms with Crippen LogP contribution in [0.5, 0.6) is 0 Å². The van der Waals surface area contributed by atoms with Crippen molar-refractivity contribution in [3.8, 4) is 0 Å². The summed E-state index contributed by atoms with van der Waals surface area (Å²) in [6.07, 6.45) is 0. The molecule has 88 valence electrons. The van der Waals surface area contributed by atoms with Crippen LogP contribution >= 0.6 is 56.5 Å². The second-order valence-electron chi connectivity index (χ2n) is 3.56. The Labute approximate surface area is 131 Å². The lowest BCUT2D eigenvalue weighted by Gasteiger charge is -2.05. The molecule has 0 spiro atoms. The summed E-state index contributed by atoms with van der Waals surface area (Å²) in [5.41, 5.74) is 2.77. The molecule has 1 aromatic carbocycles. The second-order valence-corrected chi connectivity index (χ2v) is 7.53. The quantitative estimate of drug-likeness (QED) is 0.645. The Balaban J connectivity index is 2.15. The third-order valence-electron chi connectivity index (χ3n) is 2.26. The van der Waals surface area contributed by atoms with E-state index in [1.54, 1.807) is 11.3 Å². The highest BCUT2D eigenvalue weighted by Gasteiger charge is 2.08. The average Bonchev–Trinajstić information content (AvgIpc) is 2.70. The van der Waals surface area contributed by atoms with Gasteiger partial charge in [-0.25, -0.2) is 0 Å². The van der Waals surface area contributed by atoms with Gasteiger partial charge in [0.15, 0.2) is 0 Å². The summed E-state index contributed by atoms with van der Waals surface area (Å²) in [6.45, 7) is 2.05. The zero-order chi connectivity index (χ0) is 12.4. The normalized spacial score (nSPS) is 10.3. The number of hydrogen-bond acceptors (Lipinski definition) is 2. The van der Waals surface area contributed by atoms with Crippen molar-refractivity contribution in [2.75, 3.05) is 5.32 Å². The van der Waals surface area contributed by atoms with Gasteiger partial charge in [-0.1, -0.05) is 6.07 Å². The summed E-state index contributed by atoms with van der Waals surface area (Å²) in [6, 6.07) is 7.80. The average molecular weight is 469 g/mol. The van der Waals surface area contributed by atoms with Gasteiger partial charge in [0.05, 0.1) is 8.45 Å². The van der Waals surface area contributed by atoms with Gasteiger partial charge < -0.3 is 5.32 Å². The second kappa shape index (κ2) is 5.66. The first-order valence-electron chi connectivity index (χ1n) is 4.88. The molecule has 0 aliphatic heterocycles. The van der Waals surface area contributed by atoms with Crippen molar-refractivity contribution in [1.29, 1.82) is 0 Å². The first kappa shape index (κ1) is 13.3. The fourth-order valence-electron chi connectivity index (χ4n) is 1.30. The van der Waals surface area contributed by atoms with Crippen molar-refractivity contribution in [2.45, 2.75) is 6.92 Å². The minimum atomic E-state index is -0.0520. The Kier molecular flexibility index (Phi) is 4.42. The van der Waals surface area contributed by atoms with Crippen molar-refractivity contribution < 1.29 is 4.79 Å². The van der Waals surface area contributed by atoms with Crippen molar-refractivity contribution in [2.24, 2.45) is 0 Å². The minimum absolute atomic E-state index is 0.0520. The molecule has 1 heterocycles. The van der Waals surface area contributed by atoms with E-state index >= 15 is 0 Å². The van der Waals surface area contributed by atoms with Gasteiger partial charge in [0, 0.05) is 14.6 Å². The van der Waals surface area contributed by atoms with Crippen LogP contribution in [0, 0.1) is 13.4 Å². The summed E-state index contributed by atoms with van der Waals surface area (Å²) in [5, 5.41) is 4.77. The number of thiophene rings is 1. The van der Waals surface area contributed by atoms with Gasteiger partial charge in [-0.15, -0.1) is 11.3 Å². The van der Waals surface area contributed by atoms with Gasteiger partial charge in [-0.2, -0.15) is 0 Å². The van der Waals surface area contributed by atoms with Gasteiger partial charge in [-0.3, -0.25) is 4.79 Å². The molecule has 1 aromatic heterocycles. The van der Waals surface area contributed by atoms with E-state index in [0.717, 1.165) is 17.7 Å². The molecule has 0 unspecified atom stereocenters. The molecule has 0 bridgehead atoms. The standard InChI is InChI=1S/C12H9I2NOS/c1-7-2-3-9(5-10(7)13)15-12(16)8-4-11(14)17-6-8/h2-6H,1H3,(H,15,16). The predicted molar refractivity (Wildman–Crippen MR) is 88.9 cm³/mol. The molecule has 17 heavy (non-hydrogen) atoms. The molecule has 1 N–H and O–H groups in total. The smallest absolute Gasteiger partial charge is 0.256 e. The van der Waals surface area contributed by atoms with Crippen LogP contribution in [0.25, 0.3) is 0 Å². The third-order valence-corrected chi connectivity index (χ3v) is 5.21. The highest BCUT2D eigenvalue weighted by atomic mass is 127. The van der Waals surface area contributed by atoms with Gasteiger partial charge in [0.2, 0.25) is 0 Å². The molecule has 5 heteroatoms. The number of rotatable bonds is 2. The van der Waals surface area contributed by atoms with Gasteiger partial charge in [-0.05, 0) is 75.9 Å². The molecule has 2 nitrogen and oxygen atoms in total. The number of anilines is 1. The predicted octanol–water partition coefficient (Wildman–Crippen LogP) is 4.52. The molecule has 1 amide bonds. The molecule has 0 aliphatic rings. The molecule has 0 atom stereocenters. The van der Waals surface area contributed by atoms with Crippen molar-refractivity contribution >= 4 is 68.1 Å².